The van der Waals surface area contributed by atoms with Gasteiger partial charge in [0.15, 0.2) is 9.84 Å². The van der Waals surface area contributed by atoms with Crippen molar-refractivity contribution < 1.29 is 28.2 Å². The third-order valence-electron chi connectivity index (χ3n) is 7.42. The molecule has 0 unspecified atom stereocenters. The van der Waals surface area contributed by atoms with Gasteiger partial charge in [-0.3, -0.25) is 10.1 Å². The van der Waals surface area contributed by atoms with E-state index in [2.05, 4.69) is 12.2 Å². The number of aliphatic carboxylic acids is 1. The minimum atomic E-state index is -3.78. The molecule has 2 aromatic rings. The van der Waals surface area contributed by atoms with Gasteiger partial charge in [-0.15, -0.1) is 0 Å². The van der Waals surface area contributed by atoms with Crippen LogP contribution in [0.2, 0.25) is 0 Å². The summed E-state index contributed by atoms with van der Waals surface area (Å²) in [5.41, 5.74) is 5.21. The fourth-order valence-electron chi connectivity index (χ4n) is 4.97. The van der Waals surface area contributed by atoms with E-state index in [0.717, 1.165) is 18.4 Å². The number of carboxylic acids is 1. The van der Waals surface area contributed by atoms with E-state index in [-0.39, 0.29) is 17.1 Å². The quantitative estimate of drug-likeness (QED) is 0.376. The summed E-state index contributed by atoms with van der Waals surface area (Å²) in [5.74, 6) is -1.14. The normalized spacial score (nSPS) is 23.7. The lowest BCUT2D eigenvalue weighted by Crippen LogP contribution is -2.58. The van der Waals surface area contributed by atoms with E-state index >= 15 is 0 Å². The highest BCUT2D eigenvalue weighted by molar-refractivity contribution is 7.91. The molecule has 0 radical (unpaired) electrons. The number of sulfone groups is 1. The first-order valence-corrected chi connectivity index (χ1v) is 14.0. The smallest absolute Gasteiger partial charge is 0.326 e. The van der Waals surface area contributed by atoms with Crippen LogP contribution in [0.4, 0.5) is 0 Å². The van der Waals surface area contributed by atoms with E-state index in [9.17, 15) is 23.4 Å². The van der Waals surface area contributed by atoms with Crippen molar-refractivity contribution in [2.24, 2.45) is 5.73 Å². The molecule has 9 heteroatoms. The van der Waals surface area contributed by atoms with E-state index in [4.69, 9.17) is 10.5 Å². The van der Waals surface area contributed by atoms with Gasteiger partial charge in [0.2, 0.25) is 0 Å². The number of rotatable bonds is 10. The maximum absolute atomic E-state index is 13.9. The molecule has 0 aromatic heterocycles. The van der Waals surface area contributed by atoms with E-state index in [0.29, 0.717) is 29.7 Å². The maximum atomic E-state index is 13.9. The number of hydrogen-bond donors (Lipinski definition) is 4. The van der Waals surface area contributed by atoms with E-state index in [1.54, 1.807) is 6.07 Å². The number of benzene rings is 2. The Bertz CT molecular complexity index is 1180. The molecule has 3 rings (SSSR count). The molecule has 0 aliphatic carbocycles. The van der Waals surface area contributed by atoms with Crippen LogP contribution in [0.15, 0.2) is 47.4 Å². The van der Waals surface area contributed by atoms with Crippen LogP contribution in [0.3, 0.4) is 0 Å². The zero-order valence-corrected chi connectivity index (χ0v) is 22.3. The highest BCUT2D eigenvalue weighted by atomic mass is 32.2. The van der Waals surface area contributed by atoms with Gasteiger partial charge in [-0.1, -0.05) is 57.0 Å². The van der Waals surface area contributed by atoms with Crippen molar-refractivity contribution in [3.8, 4) is 5.75 Å². The Hall–Kier alpha value is -2.46. The summed E-state index contributed by atoms with van der Waals surface area (Å²) in [6.45, 7) is 5.39. The fourth-order valence-corrected chi connectivity index (χ4v) is 7.15. The van der Waals surface area contributed by atoms with Crippen molar-refractivity contribution in [1.82, 2.24) is 5.32 Å². The van der Waals surface area contributed by atoms with Gasteiger partial charge < -0.3 is 20.7 Å². The summed E-state index contributed by atoms with van der Waals surface area (Å²) in [6.07, 6.45) is 1.47. The first-order valence-electron chi connectivity index (χ1n) is 12.4. The van der Waals surface area contributed by atoms with Gasteiger partial charge in [-0.25, -0.2) is 8.42 Å². The number of fused-ring (bicyclic) bond motifs is 1. The van der Waals surface area contributed by atoms with Gasteiger partial charge in [-0.2, -0.15) is 0 Å². The van der Waals surface area contributed by atoms with Crippen molar-refractivity contribution >= 4 is 15.8 Å². The Morgan fingerprint density at radius 2 is 1.94 bits per heavy atom. The number of unbranched alkanes of at least 4 members (excludes halogenated alkanes) is 1. The second kappa shape index (κ2) is 10.9. The van der Waals surface area contributed by atoms with E-state index in [1.807, 2.05) is 37.3 Å². The van der Waals surface area contributed by atoms with Gasteiger partial charge in [0.05, 0.1) is 29.9 Å². The Kier molecular flexibility index (Phi) is 8.50. The molecule has 1 aliphatic heterocycles. The van der Waals surface area contributed by atoms with Crippen molar-refractivity contribution in [3.63, 3.8) is 0 Å². The maximum Gasteiger partial charge on any atom is 0.326 e. The summed E-state index contributed by atoms with van der Waals surface area (Å²) in [6, 6.07) is 12.4. The van der Waals surface area contributed by atoms with Crippen LogP contribution in [0, 0.1) is 0 Å². The summed E-state index contributed by atoms with van der Waals surface area (Å²) in [7, 11) is -2.34. The lowest BCUT2D eigenvalue weighted by molar-refractivity contribution is -0.147. The zero-order chi connectivity index (χ0) is 26.7. The predicted molar refractivity (Wildman–Crippen MR) is 139 cm³/mol. The van der Waals surface area contributed by atoms with Gasteiger partial charge in [0.1, 0.15) is 11.3 Å². The summed E-state index contributed by atoms with van der Waals surface area (Å²) in [5, 5.41) is 23.6. The summed E-state index contributed by atoms with van der Waals surface area (Å²) >= 11 is 0. The highest BCUT2D eigenvalue weighted by Gasteiger charge is 2.44. The standard InChI is InChI=1S/C27H38N2O6S/c1-5-7-13-26(6-2)17-36(33,34)23-14-20(16-27(28,18(3)30)25(31)32)22(35-4)15-21(23)24(29-26)19-11-9-8-10-12-19/h8-12,14-15,18,24,29-30H,5-7,13,16-17,28H2,1-4H3,(H,31,32)/t18-,24-,26-,27+/m1/s1. The topological polar surface area (TPSA) is 139 Å². The van der Waals surface area contributed by atoms with E-state index in [1.165, 1.54) is 20.1 Å². The number of nitrogens with one attached hydrogen (secondary N) is 1. The molecule has 0 saturated heterocycles. The summed E-state index contributed by atoms with van der Waals surface area (Å²) < 4.78 is 33.4. The molecule has 1 aliphatic rings. The number of methoxy groups -OCH3 is 1. The molecule has 0 amide bonds. The molecular weight excluding hydrogens is 480 g/mol. The fraction of sp³-hybridized carbons (Fsp3) is 0.519. The Balaban J connectivity index is 2.28. The monoisotopic (exact) mass is 518 g/mol. The molecule has 0 spiro atoms. The molecule has 5 N–H and O–H groups in total. The number of hydrogen-bond acceptors (Lipinski definition) is 7. The number of ether oxygens (including phenoxy) is 1. The SMILES string of the molecule is CCCC[C@]1(CC)CS(=O)(=O)c2cc(C[C@@](N)(C(=O)O)[C@@H](C)O)c(OC)cc2[C@@H](c2ccccc2)N1. The van der Waals surface area contributed by atoms with Gasteiger partial charge in [0.25, 0.3) is 0 Å². The van der Waals surface area contributed by atoms with Gasteiger partial charge >= 0.3 is 5.97 Å². The second-order valence-corrected chi connectivity index (χ2v) is 11.8. The molecule has 4 atom stereocenters. The van der Waals surface area contributed by atoms with Crippen molar-refractivity contribution in [2.45, 2.75) is 81.0 Å². The number of carboxylic acid groups (broad SMARTS) is 1. The number of aliphatic hydroxyl groups excluding tert-OH is 1. The minimum Gasteiger partial charge on any atom is -0.496 e. The molecule has 0 bridgehead atoms. The average Bonchev–Trinajstić information content (AvgIpc) is 2.94. The second-order valence-electron chi connectivity index (χ2n) is 9.88. The Morgan fingerprint density at radius 1 is 1.28 bits per heavy atom. The highest BCUT2D eigenvalue weighted by Crippen LogP contribution is 2.41. The molecule has 0 fully saturated rings. The van der Waals surface area contributed by atoms with Crippen LogP contribution >= 0.6 is 0 Å². The van der Waals surface area contributed by atoms with E-state index < -0.39 is 39.0 Å². The van der Waals surface area contributed by atoms with Crippen LogP contribution in [0.1, 0.15) is 69.2 Å². The Morgan fingerprint density at radius 3 is 2.47 bits per heavy atom. The van der Waals surface area contributed by atoms with Crippen LogP contribution in [0.5, 0.6) is 5.75 Å². The predicted octanol–water partition coefficient (Wildman–Crippen LogP) is 3.21. The third kappa shape index (κ3) is 5.44. The van der Waals surface area contributed by atoms with Crippen LogP contribution in [-0.2, 0) is 21.1 Å². The Labute approximate surface area is 213 Å². The number of carbonyl (C=O) groups is 1. The minimum absolute atomic E-state index is 0.0816. The van der Waals surface area contributed by atoms with Gasteiger partial charge in [-0.05, 0) is 48.6 Å². The van der Waals surface area contributed by atoms with Crippen molar-refractivity contribution in [2.75, 3.05) is 12.9 Å². The molecule has 2 aromatic carbocycles. The number of nitrogens with two attached hydrogens (primary N) is 1. The molecule has 8 nitrogen and oxygen atoms in total. The number of aliphatic hydroxyl groups is 1. The molecular formula is C27H38N2O6S. The van der Waals surface area contributed by atoms with Crippen molar-refractivity contribution in [3.05, 3.63) is 59.2 Å². The molecule has 36 heavy (non-hydrogen) atoms. The summed E-state index contributed by atoms with van der Waals surface area (Å²) in [4.78, 5) is 12.1. The molecule has 1 heterocycles. The third-order valence-corrected chi connectivity index (χ3v) is 9.38. The largest absolute Gasteiger partial charge is 0.496 e. The van der Waals surface area contributed by atoms with Crippen LogP contribution in [-0.4, -0.2) is 54.6 Å². The molecule has 198 valence electrons. The lowest BCUT2D eigenvalue weighted by atomic mass is 9.85. The molecule has 0 saturated carbocycles. The van der Waals surface area contributed by atoms with Crippen LogP contribution < -0.4 is 15.8 Å². The zero-order valence-electron chi connectivity index (χ0n) is 21.5. The first kappa shape index (κ1) is 28.1. The van der Waals surface area contributed by atoms with Crippen molar-refractivity contribution in [1.29, 1.82) is 0 Å². The average molecular weight is 519 g/mol. The van der Waals surface area contributed by atoms with Crippen LogP contribution in [0.25, 0.3) is 0 Å². The lowest BCUT2D eigenvalue weighted by Gasteiger charge is -2.36. The van der Waals surface area contributed by atoms with Gasteiger partial charge in [0, 0.05) is 12.0 Å². The first-order chi connectivity index (χ1) is 16.9.